The largest absolute Gasteiger partial charge is 0.464 e. The summed E-state index contributed by atoms with van der Waals surface area (Å²) in [6.45, 7) is 8.68. The molecule has 4 heteroatoms. The predicted octanol–water partition coefficient (Wildman–Crippen LogP) is 3.23. The molecule has 0 atom stereocenters. The summed E-state index contributed by atoms with van der Waals surface area (Å²) < 4.78 is 5.59. The number of benzene rings is 1. The highest BCUT2D eigenvalue weighted by Gasteiger charge is 2.26. The van der Waals surface area contributed by atoms with Crippen LogP contribution in [0.4, 0.5) is 0 Å². The molecule has 1 aromatic carbocycles. The summed E-state index contributed by atoms with van der Waals surface area (Å²) in [6.07, 6.45) is 3.66. The molecular weight excluding hydrogens is 276 g/mol. The van der Waals surface area contributed by atoms with Crippen LogP contribution in [0.25, 0.3) is 11.0 Å². The van der Waals surface area contributed by atoms with Crippen molar-refractivity contribution in [2.75, 3.05) is 6.54 Å². The molecule has 2 rings (SSSR count). The molecule has 0 fully saturated rings. The third-order valence-electron chi connectivity index (χ3n) is 4.77. The number of aryl methyl sites for hydroxylation is 2. The zero-order chi connectivity index (χ0) is 16.3. The van der Waals surface area contributed by atoms with Crippen molar-refractivity contribution in [3.8, 4) is 0 Å². The molecular formula is C18H26N2O2. The SMILES string of the molecule is CCC(CC)(CN)NC(=O)Cc1coc2cc(C)c(C)cc12. The van der Waals surface area contributed by atoms with Crippen LogP contribution < -0.4 is 11.1 Å². The molecule has 1 heterocycles. The molecule has 0 unspecified atom stereocenters. The highest BCUT2D eigenvalue weighted by molar-refractivity contribution is 5.88. The van der Waals surface area contributed by atoms with Crippen LogP contribution in [0.15, 0.2) is 22.8 Å². The fourth-order valence-electron chi connectivity index (χ4n) is 2.75. The van der Waals surface area contributed by atoms with Gasteiger partial charge in [0.2, 0.25) is 5.91 Å². The molecule has 0 saturated heterocycles. The van der Waals surface area contributed by atoms with E-state index < -0.39 is 0 Å². The smallest absolute Gasteiger partial charge is 0.225 e. The Kier molecular flexibility index (Phi) is 4.91. The van der Waals surface area contributed by atoms with Crippen LogP contribution in [0.1, 0.15) is 43.4 Å². The minimum atomic E-state index is -0.302. The highest BCUT2D eigenvalue weighted by Crippen LogP contribution is 2.25. The van der Waals surface area contributed by atoms with E-state index in [2.05, 4.69) is 39.1 Å². The van der Waals surface area contributed by atoms with Crippen LogP contribution in [-0.2, 0) is 11.2 Å². The van der Waals surface area contributed by atoms with E-state index >= 15 is 0 Å². The topological polar surface area (TPSA) is 68.3 Å². The van der Waals surface area contributed by atoms with Crippen molar-refractivity contribution in [1.82, 2.24) is 5.32 Å². The normalized spacial score (nSPS) is 11.9. The first-order valence-electron chi connectivity index (χ1n) is 7.93. The number of rotatable bonds is 6. The number of furan rings is 1. The van der Waals surface area contributed by atoms with Crippen molar-refractivity contribution in [2.24, 2.45) is 5.73 Å². The summed E-state index contributed by atoms with van der Waals surface area (Å²) in [6, 6.07) is 4.11. The average Bonchev–Trinajstić information content (AvgIpc) is 2.87. The zero-order valence-corrected chi connectivity index (χ0v) is 14.0. The van der Waals surface area contributed by atoms with E-state index in [1.54, 1.807) is 6.26 Å². The summed E-state index contributed by atoms with van der Waals surface area (Å²) in [5, 5.41) is 4.12. The lowest BCUT2D eigenvalue weighted by Gasteiger charge is -2.31. The standard InChI is InChI=1S/C18H26N2O2/c1-5-18(6-2,11-19)20-17(21)9-14-10-22-16-8-13(4)12(3)7-15(14)16/h7-8,10H,5-6,9,11,19H2,1-4H3,(H,20,21). The van der Waals surface area contributed by atoms with Crippen LogP contribution in [0, 0.1) is 13.8 Å². The second-order valence-electron chi connectivity index (χ2n) is 6.11. The molecule has 1 aromatic heterocycles. The van der Waals surface area contributed by atoms with Crippen molar-refractivity contribution >= 4 is 16.9 Å². The second kappa shape index (κ2) is 6.53. The number of carbonyl (C=O) groups is 1. The molecule has 0 bridgehead atoms. The lowest BCUT2D eigenvalue weighted by atomic mass is 9.92. The third kappa shape index (κ3) is 3.17. The first-order valence-corrected chi connectivity index (χ1v) is 7.93. The molecule has 0 aliphatic carbocycles. The van der Waals surface area contributed by atoms with Gasteiger partial charge in [0.05, 0.1) is 18.2 Å². The summed E-state index contributed by atoms with van der Waals surface area (Å²) in [4.78, 5) is 12.4. The molecule has 0 radical (unpaired) electrons. The minimum Gasteiger partial charge on any atom is -0.464 e. The monoisotopic (exact) mass is 302 g/mol. The van der Waals surface area contributed by atoms with Gasteiger partial charge in [-0.25, -0.2) is 0 Å². The Morgan fingerprint density at radius 3 is 2.45 bits per heavy atom. The minimum absolute atomic E-state index is 0.00456. The van der Waals surface area contributed by atoms with Gasteiger partial charge in [0.15, 0.2) is 0 Å². The summed E-state index contributed by atoms with van der Waals surface area (Å²) >= 11 is 0. The van der Waals surface area contributed by atoms with Crippen molar-refractivity contribution in [3.05, 3.63) is 35.1 Å². The number of nitrogens with two attached hydrogens (primary N) is 1. The van der Waals surface area contributed by atoms with Crippen molar-refractivity contribution in [3.63, 3.8) is 0 Å². The van der Waals surface area contributed by atoms with Gasteiger partial charge in [-0.05, 0) is 49.9 Å². The molecule has 4 nitrogen and oxygen atoms in total. The van der Waals surface area contributed by atoms with Gasteiger partial charge >= 0.3 is 0 Å². The van der Waals surface area contributed by atoms with E-state index in [1.165, 1.54) is 11.1 Å². The number of carbonyl (C=O) groups excluding carboxylic acids is 1. The summed E-state index contributed by atoms with van der Waals surface area (Å²) in [5.41, 5.74) is 9.70. The Hall–Kier alpha value is -1.81. The van der Waals surface area contributed by atoms with Gasteiger partial charge in [-0.1, -0.05) is 13.8 Å². The van der Waals surface area contributed by atoms with Crippen LogP contribution in [-0.4, -0.2) is 18.0 Å². The number of nitrogens with one attached hydrogen (secondary N) is 1. The molecule has 22 heavy (non-hydrogen) atoms. The predicted molar refractivity (Wildman–Crippen MR) is 89.9 cm³/mol. The zero-order valence-electron chi connectivity index (χ0n) is 14.0. The van der Waals surface area contributed by atoms with Crippen LogP contribution in [0.3, 0.4) is 0 Å². The van der Waals surface area contributed by atoms with Gasteiger partial charge in [-0.3, -0.25) is 4.79 Å². The fraction of sp³-hybridized carbons (Fsp3) is 0.500. The maximum Gasteiger partial charge on any atom is 0.225 e. The van der Waals surface area contributed by atoms with Gasteiger partial charge in [0, 0.05) is 17.5 Å². The maximum absolute atomic E-state index is 12.4. The molecule has 120 valence electrons. The van der Waals surface area contributed by atoms with Crippen LogP contribution in [0.5, 0.6) is 0 Å². The average molecular weight is 302 g/mol. The third-order valence-corrected chi connectivity index (χ3v) is 4.77. The Morgan fingerprint density at radius 2 is 1.86 bits per heavy atom. The van der Waals surface area contributed by atoms with Gasteiger partial charge in [-0.15, -0.1) is 0 Å². The van der Waals surface area contributed by atoms with Gasteiger partial charge in [0.1, 0.15) is 5.58 Å². The first kappa shape index (κ1) is 16.6. The van der Waals surface area contributed by atoms with E-state index in [4.69, 9.17) is 10.2 Å². The maximum atomic E-state index is 12.4. The van der Waals surface area contributed by atoms with Crippen molar-refractivity contribution < 1.29 is 9.21 Å². The van der Waals surface area contributed by atoms with Gasteiger partial charge < -0.3 is 15.5 Å². The molecule has 2 aromatic rings. The van der Waals surface area contributed by atoms with Crippen LogP contribution >= 0.6 is 0 Å². The number of fused-ring (bicyclic) bond motifs is 1. The fourth-order valence-corrected chi connectivity index (χ4v) is 2.75. The molecule has 1 amide bonds. The van der Waals surface area contributed by atoms with E-state index in [0.29, 0.717) is 13.0 Å². The molecule has 0 aliphatic heterocycles. The number of hydrogen-bond donors (Lipinski definition) is 2. The molecule has 0 aliphatic rings. The van der Waals surface area contributed by atoms with Gasteiger partial charge in [-0.2, -0.15) is 0 Å². The number of hydrogen-bond acceptors (Lipinski definition) is 3. The summed E-state index contributed by atoms with van der Waals surface area (Å²) in [7, 11) is 0. The second-order valence-corrected chi connectivity index (χ2v) is 6.11. The van der Waals surface area contributed by atoms with E-state index in [1.807, 2.05) is 6.07 Å². The van der Waals surface area contributed by atoms with E-state index in [9.17, 15) is 4.79 Å². The van der Waals surface area contributed by atoms with Crippen LogP contribution in [0.2, 0.25) is 0 Å². The Bertz CT molecular complexity index is 661. The lowest BCUT2D eigenvalue weighted by Crippen LogP contribution is -2.53. The lowest BCUT2D eigenvalue weighted by molar-refractivity contribution is -0.122. The summed E-state index contributed by atoms with van der Waals surface area (Å²) in [5.74, 6) is -0.00456. The quantitative estimate of drug-likeness (QED) is 0.861. The Balaban J connectivity index is 2.20. The molecule has 0 spiro atoms. The van der Waals surface area contributed by atoms with Gasteiger partial charge in [0.25, 0.3) is 0 Å². The van der Waals surface area contributed by atoms with Crippen molar-refractivity contribution in [2.45, 2.75) is 52.5 Å². The molecule has 3 N–H and O–H groups in total. The Morgan fingerprint density at radius 1 is 1.23 bits per heavy atom. The highest BCUT2D eigenvalue weighted by atomic mass is 16.3. The number of amides is 1. The Labute approximate surface area is 132 Å². The first-order chi connectivity index (χ1) is 10.4. The van der Waals surface area contributed by atoms with E-state index in [0.717, 1.165) is 29.4 Å². The van der Waals surface area contributed by atoms with E-state index in [-0.39, 0.29) is 11.4 Å². The van der Waals surface area contributed by atoms with Crippen molar-refractivity contribution in [1.29, 1.82) is 0 Å². The molecule has 0 saturated carbocycles.